The fraction of sp³-hybridized carbons (Fsp3) is 0.409. The number of carbonyl (C=O) groups is 1. The molecule has 0 saturated carbocycles. The standard InChI is InChI=1S/C22H26N2O3.ClH/c1-26-18-8-7-16-12-20(15-5-3-2-4-6-15)24(14-17(16)11-18)22(25)21-10-9-19(13-23)27-21;/h2-8,11,19-21H,9-10,12-14,23H2,1H3;1H/t19-,20?,21+;/m1./s1. The molecule has 2 aliphatic rings. The van der Waals surface area contributed by atoms with Crippen LogP contribution < -0.4 is 10.5 Å². The second-order valence-corrected chi connectivity index (χ2v) is 7.29. The first-order valence-corrected chi connectivity index (χ1v) is 9.56. The van der Waals surface area contributed by atoms with E-state index in [0.717, 1.165) is 36.1 Å². The second-order valence-electron chi connectivity index (χ2n) is 7.29. The largest absolute Gasteiger partial charge is 0.497 e. The third-order valence-corrected chi connectivity index (χ3v) is 5.66. The fourth-order valence-electron chi connectivity index (χ4n) is 4.14. The molecule has 1 unspecified atom stereocenters. The van der Waals surface area contributed by atoms with Crippen molar-refractivity contribution in [3.63, 3.8) is 0 Å². The van der Waals surface area contributed by atoms with Gasteiger partial charge in [0.05, 0.1) is 19.3 Å². The molecule has 150 valence electrons. The van der Waals surface area contributed by atoms with Crippen molar-refractivity contribution in [2.75, 3.05) is 13.7 Å². The van der Waals surface area contributed by atoms with E-state index < -0.39 is 6.10 Å². The average molecular weight is 403 g/mol. The first-order valence-electron chi connectivity index (χ1n) is 9.56. The molecule has 0 aliphatic carbocycles. The number of amides is 1. The van der Waals surface area contributed by atoms with Crippen molar-refractivity contribution in [2.24, 2.45) is 5.73 Å². The SMILES string of the molecule is COc1ccc2c(c1)CN(C(=O)[C@@H]1CC[C@H](CN)O1)C(c1ccccc1)C2.Cl. The summed E-state index contributed by atoms with van der Waals surface area (Å²) in [4.78, 5) is 15.3. The summed E-state index contributed by atoms with van der Waals surface area (Å²) in [6.07, 6.45) is 1.98. The number of rotatable bonds is 4. The molecular formula is C22H27ClN2O3. The quantitative estimate of drug-likeness (QED) is 0.852. The number of ether oxygens (including phenoxy) is 2. The summed E-state index contributed by atoms with van der Waals surface area (Å²) in [5, 5.41) is 0. The first kappa shape index (κ1) is 20.6. The maximum atomic E-state index is 13.3. The molecule has 1 fully saturated rings. The molecule has 1 amide bonds. The highest BCUT2D eigenvalue weighted by molar-refractivity contribution is 5.85. The van der Waals surface area contributed by atoms with Crippen LogP contribution in [0.4, 0.5) is 0 Å². The van der Waals surface area contributed by atoms with E-state index in [0.29, 0.717) is 13.1 Å². The van der Waals surface area contributed by atoms with Crippen molar-refractivity contribution in [3.05, 3.63) is 65.2 Å². The van der Waals surface area contributed by atoms with Crippen molar-refractivity contribution < 1.29 is 14.3 Å². The van der Waals surface area contributed by atoms with Crippen LogP contribution in [0.3, 0.4) is 0 Å². The number of carbonyl (C=O) groups excluding carboxylic acids is 1. The van der Waals surface area contributed by atoms with Gasteiger partial charge in [-0.1, -0.05) is 36.4 Å². The molecule has 4 rings (SSSR count). The molecule has 2 N–H and O–H groups in total. The number of methoxy groups -OCH3 is 1. The van der Waals surface area contributed by atoms with Gasteiger partial charge in [0.25, 0.3) is 5.91 Å². The third-order valence-electron chi connectivity index (χ3n) is 5.66. The van der Waals surface area contributed by atoms with Crippen molar-refractivity contribution in [3.8, 4) is 5.75 Å². The fourth-order valence-corrected chi connectivity index (χ4v) is 4.14. The first-order chi connectivity index (χ1) is 13.2. The van der Waals surface area contributed by atoms with Crippen LogP contribution in [-0.4, -0.2) is 36.7 Å². The van der Waals surface area contributed by atoms with Crippen LogP contribution in [0, 0.1) is 0 Å². The molecule has 0 radical (unpaired) electrons. The molecule has 0 spiro atoms. The van der Waals surface area contributed by atoms with Crippen molar-refractivity contribution in [1.29, 1.82) is 0 Å². The summed E-state index contributed by atoms with van der Waals surface area (Å²) < 4.78 is 11.3. The van der Waals surface area contributed by atoms with Crippen LogP contribution in [-0.2, 0) is 22.5 Å². The van der Waals surface area contributed by atoms with Crippen LogP contribution in [0.15, 0.2) is 48.5 Å². The van der Waals surface area contributed by atoms with Crippen LogP contribution in [0.1, 0.15) is 35.6 Å². The van der Waals surface area contributed by atoms with E-state index in [1.165, 1.54) is 5.56 Å². The second kappa shape index (κ2) is 8.95. The molecular weight excluding hydrogens is 376 g/mol. The normalized spacial score (nSPS) is 23.6. The number of nitrogens with two attached hydrogens (primary N) is 1. The molecule has 2 aliphatic heterocycles. The minimum absolute atomic E-state index is 0. The monoisotopic (exact) mass is 402 g/mol. The summed E-state index contributed by atoms with van der Waals surface area (Å²) in [5.41, 5.74) is 9.28. The van der Waals surface area contributed by atoms with Gasteiger partial charge in [-0.2, -0.15) is 0 Å². The molecule has 3 atom stereocenters. The maximum absolute atomic E-state index is 13.3. The van der Waals surface area contributed by atoms with Gasteiger partial charge in [0.15, 0.2) is 0 Å². The van der Waals surface area contributed by atoms with Crippen LogP contribution >= 0.6 is 12.4 Å². The van der Waals surface area contributed by atoms with Crippen molar-refractivity contribution in [1.82, 2.24) is 4.90 Å². The maximum Gasteiger partial charge on any atom is 0.252 e. The Morgan fingerprint density at radius 3 is 2.64 bits per heavy atom. The molecule has 0 bridgehead atoms. The molecule has 2 aromatic rings. The zero-order valence-electron chi connectivity index (χ0n) is 16.0. The summed E-state index contributed by atoms with van der Waals surface area (Å²) >= 11 is 0. The van der Waals surface area contributed by atoms with Gasteiger partial charge in [0, 0.05) is 13.1 Å². The molecule has 5 nitrogen and oxygen atoms in total. The number of hydrogen-bond donors (Lipinski definition) is 1. The van der Waals surface area contributed by atoms with Gasteiger partial charge in [0.1, 0.15) is 11.9 Å². The topological polar surface area (TPSA) is 64.8 Å². The predicted octanol–water partition coefficient (Wildman–Crippen LogP) is 3.25. The Balaban J connectivity index is 0.00000225. The van der Waals surface area contributed by atoms with Gasteiger partial charge >= 0.3 is 0 Å². The van der Waals surface area contributed by atoms with E-state index in [1.807, 2.05) is 35.2 Å². The Kier molecular flexibility index (Phi) is 6.60. The number of hydrogen-bond acceptors (Lipinski definition) is 4. The minimum atomic E-state index is -0.392. The lowest BCUT2D eigenvalue weighted by Gasteiger charge is -2.38. The van der Waals surface area contributed by atoms with Crippen molar-refractivity contribution in [2.45, 2.75) is 44.1 Å². The Hall–Kier alpha value is -2.08. The Bertz CT molecular complexity index is 815. The Morgan fingerprint density at radius 2 is 1.96 bits per heavy atom. The van der Waals surface area contributed by atoms with Crippen LogP contribution in [0.25, 0.3) is 0 Å². The van der Waals surface area contributed by atoms with Crippen LogP contribution in [0.5, 0.6) is 5.75 Å². The number of fused-ring (bicyclic) bond motifs is 1. The predicted molar refractivity (Wildman–Crippen MR) is 111 cm³/mol. The number of halogens is 1. The van der Waals surface area contributed by atoms with E-state index in [-0.39, 0.29) is 30.5 Å². The lowest BCUT2D eigenvalue weighted by Crippen LogP contribution is -2.44. The summed E-state index contributed by atoms with van der Waals surface area (Å²) in [6.45, 7) is 1.03. The molecule has 2 heterocycles. The van der Waals surface area contributed by atoms with Gasteiger partial charge in [-0.3, -0.25) is 4.79 Å². The van der Waals surface area contributed by atoms with E-state index >= 15 is 0 Å². The average Bonchev–Trinajstić information content (AvgIpc) is 3.22. The van der Waals surface area contributed by atoms with Crippen LogP contribution in [0.2, 0.25) is 0 Å². The van der Waals surface area contributed by atoms with Gasteiger partial charge in [-0.05, 0) is 48.1 Å². The minimum Gasteiger partial charge on any atom is -0.497 e. The van der Waals surface area contributed by atoms with E-state index in [2.05, 4.69) is 18.2 Å². The molecule has 6 heteroatoms. The van der Waals surface area contributed by atoms with E-state index in [9.17, 15) is 4.79 Å². The smallest absolute Gasteiger partial charge is 0.252 e. The summed E-state index contributed by atoms with van der Waals surface area (Å²) in [7, 11) is 1.67. The highest BCUT2D eigenvalue weighted by Gasteiger charge is 2.38. The molecule has 28 heavy (non-hydrogen) atoms. The Morgan fingerprint density at radius 1 is 1.18 bits per heavy atom. The summed E-state index contributed by atoms with van der Waals surface area (Å²) in [6, 6.07) is 16.4. The lowest BCUT2D eigenvalue weighted by molar-refractivity contribution is -0.146. The number of nitrogens with zero attached hydrogens (tertiary/aromatic N) is 1. The van der Waals surface area contributed by atoms with Gasteiger partial charge < -0.3 is 20.1 Å². The van der Waals surface area contributed by atoms with Crippen molar-refractivity contribution >= 4 is 18.3 Å². The summed E-state index contributed by atoms with van der Waals surface area (Å²) in [5.74, 6) is 0.882. The zero-order valence-corrected chi connectivity index (χ0v) is 16.9. The van der Waals surface area contributed by atoms with E-state index in [4.69, 9.17) is 15.2 Å². The molecule has 0 aromatic heterocycles. The van der Waals surface area contributed by atoms with Gasteiger partial charge in [-0.15, -0.1) is 12.4 Å². The highest BCUT2D eigenvalue weighted by atomic mass is 35.5. The van der Waals surface area contributed by atoms with E-state index in [1.54, 1.807) is 7.11 Å². The van der Waals surface area contributed by atoms with Gasteiger partial charge in [-0.25, -0.2) is 0 Å². The highest BCUT2D eigenvalue weighted by Crippen LogP contribution is 2.36. The van der Waals surface area contributed by atoms with Gasteiger partial charge in [0.2, 0.25) is 0 Å². The molecule has 1 saturated heterocycles. The Labute approximate surface area is 172 Å². The molecule has 2 aromatic carbocycles. The third kappa shape index (κ3) is 4.02. The zero-order chi connectivity index (χ0) is 18.8. The number of benzene rings is 2. The lowest BCUT2D eigenvalue weighted by atomic mass is 9.89.